The summed E-state index contributed by atoms with van der Waals surface area (Å²) in [6.07, 6.45) is 2.68. The lowest BCUT2D eigenvalue weighted by Crippen LogP contribution is -2.45. The van der Waals surface area contributed by atoms with E-state index in [9.17, 15) is 33.6 Å². The van der Waals surface area contributed by atoms with Crippen molar-refractivity contribution in [2.45, 2.75) is 44.6 Å². The third kappa shape index (κ3) is 21.1. The summed E-state index contributed by atoms with van der Waals surface area (Å²) < 4.78 is 42.7. The summed E-state index contributed by atoms with van der Waals surface area (Å²) in [4.78, 5) is 90.4. The third-order valence-corrected chi connectivity index (χ3v) is 7.39. The second-order valence-corrected chi connectivity index (χ2v) is 11.6. The highest BCUT2D eigenvalue weighted by atomic mass is 16.7. The molecule has 2 aliphatic heterocycles. The molecule has 20 nitrogen and oxygen atoms in total. The van der Waals surface area contributed by atoms with Crippen LogP contribution in [0.1, 0.15) is 38.5 Å². The van der Waals surface area contributed by atoms with Crippen molar-refractivity contribution in [1.29, 1.82) is 0 Å². The molecule has 1 atom stereocenters. The van der Waals surface area contributed by atoms with Gasteiger partial charge in [0, 0.05) is 45.1 Å². The van der Waals surface area contributed by atoms with Crippen LogP contribution in [0.3, 0.4) is 0 Å². The number of carbonyl (C=O) groups excluding carboxylic acids is 7. The van der Waals surface area contributed by atoms with Crippen LogP contribution in [-0.2, 0) is 76.3 Å². The Bertz CT molecular complexity index is 1170. The van der Waals surface area contributed by atoms with Crippen molar-refractivity contribution in [3.63, 3.8) is 0 Å². The molecule has 0 bridgehead atoms. The Morgan fingerprint density at radius 3 is 1.54 bits per heavy atom. The number of unbranched alkanes of at least 4 members (excludes halogenated alkanes) is 1. The zero-order valence-electron chi connectivity index (χ0n) is 30.9. The van der Waals surface area contributed by atoms with Crippen LogP contribution >= 0.6 is 0 Å². The highest BCUT2D eigenvalue weighted by molar-refractivity contribution is 6.14. The van der Waals surface area contributed by atoms with Crippen LogP contribution in [-0.4, -0.2) is 177 Å². The molecule has 6 amide bonds. The molecule has 54 heavy (non-hydrogen) atoms. The molecular formula is C34H54N4O16. The van der Waals surface area contributed by atoms with Crippen molar-refractivity contribution in [2.24, 2.45) is 0 Å². The molecule has 0 aromatic heterocycles. The number of carbonyl (C=O) groups is 7. The molecule has 1 saturated heterocycles. The number of imide groups is 2. The Balaban J connectivity index is 1.49. The molecule has 0 radical (unpaired) electrons. The maximum atomic E-state index is 12.8. The smallest absolute Gasteiger partial charge is 0.355 e. The molecule has 0 aromatic rings. The van der Waals surface area contributed by atoms with E-state index < -0.39 is 54.0 Å². The maximum Gasteiger partial charge on any atom is 0.355 e. The van der Waals surface area contributed by atoms with Gasteiger partial charge in [-0.05, 0) is 19.3 Å². The summed E-state index contributed by atoms with van der Waals surface area (Å²) in [5.74, 6) is -4.51. The number of methoxy groups -OCH3 is 1. The fourth-order valence-corrected chi connectivity index (χ4v) is 4.54. The Labute approximate surface area is 314 Å². The molecule has 2 heterocycles. The fourth-order valence-electron chi connectivity index (χ4n) is 4.54. The number of hydroxylamine groups is 2. The minimum absolute atomic E-state index is 0.0402. The predicted molar refractivity (Wildman–Crippen MR) is 184 cm³/mol. The standard InChI is InChI=1S/C34H54N4O16/c1-46-12-13-48-16-17-50-20-21-52-24-25-53-23-22-51-19-18-49-15-14-47-11-9-28(39)36-27(34(45)54-38-32(43)7-8-33(38)44)4-2-3-10-35-29(40)26-37-30(41)5-6-31(37)42/h5-6,27H,2-4,7-26H2,1H3,(H,35,40)(H,36,39)/t27-/m0/s1. The largest absolute Gasteiger partial charge is 0.382 e. The Morgan fingerprint density at radius 1 is 0.630 bits per heavy atom. The van der Waals surface area contributed by atoms with Crippen molar-refractivity contribution in [3.8, 4) is 0 Å². The van der Waals surface area contributed by atoms with Gasteiger partial charge in [0.25, 0.3) is 23.6 Å². The minimum Gasteiger partial charge on any atom is -0.382 e. The first-order valence-corrected chi connectivity index (χ1v) is 17.9. The molecule has 0 spiro atoms. The van der Waals surface area contributed by atoms with E-state index in [1.54, 1.807) is 7.11 Å². The van der Waals surface area contributed by atoms with Gasteiger partial charge in [-0.15, -0.1) is 5.06 Å². The zero-order valence-corrected chi connectivity index (χ0v) is 30.9. The number of nitrogens with one attached hydrogen (secondary N) is 2. The normalized spacial score (nSPS) is 14.7. The SMILES string of the molecule is COCCOCCOCCOCCOCCOCCOCCOCCC(=O)N[C@@H](CCCCNC(=O)CN1C(=O)C=CC1=O)C(=O)ON1C(=O)CCC1=O. The summed E-state index contributed by atoms with van der Waals surface area (Å²) in [7, 11) is 1.62. The first-order valence-electron chi connectivity index (χ1n) is 17.9. The maximum absolute atomic E-state index is 12.8. The molecule has 2 N–H and O–H groups in total. The molecule has 2 rings (SSSR count). The first-order chi connectivity index (χ1) is 26.2. The van der Waals surface area contributed by atoms with Gasteiger partial charge in [-0.1, -0.05) is 0 Å². The molecule has 0 aliphatic carbocycles. The molecule has 2 aliphatic rings. The molecule has 306 valence electrons. The van der Waals surface area contributed by atoms with Crippen LogP contribution in [0, 0.1) is 0 Å². The zero-order chi connectivity index (χ0) is 39.2. The topological polar surface area (TPSA) is 233 Å². The van der Waals surface area contributed by atoms with Gasteiger partial charge in [0.05, 0.1) is 99.1 Å². The van der Waals surface area contributed by atoms with Gasteiger partial charge in [-0.2, -0.15) is 0 Å². The van der Waals surface area contributed by atoms with E-state index in [4.69, 9.17) is 42.7 Å². The number of rotatable bonds is 34. The van der Waals surface area contributed by atoms with Crippen molar-refractivity contribution in [3.05, 3.63) is 12.2 Å². The van der Waals surface area contributed by atoms with Crippen LogP contribution in [0.5, 0.6) is 0 Å². The van der Waals surface area contributed by atoms with Gasteiger partial charge in [0.1, 0.15) is 12.6 Å². The highest BCUT2D eigenvalue weighted by Gasteiger charge is 2.35. The number of hydrogen-bond donors (Lipinski definition) is 2. The molecule has 1 fully saturated rings. The van der Waals surface area contributed by atoms with Crippen LogP contribution in [0.2, 0.25) is 0 Å². The predicted octanol–water partition coefficient (Wildman–Crippen LogP) is -1.56. The summed E-state index contributed by atoms with van der Waals surface area (Å²) in [5, 5.41) is 5.53. The number of hydrogen-bond acceptors (Lipinski definition) is 16. The van der Waals surface area contributed by atoms with Crippen molar-refractivity contribution in [2.75, 3.05) is 119 Å². The molecule has 0 unspecified atom stereocenters. The molecule has 0 saturated carbocycles. The van der Waals surface area contributed by atoms with Gasteiger partial charge in [-0.25, -0.2) is 4.79 Å². The minimum atomic E-state index is -1.18. The Kier molecular flexibility index (Phi) is 25.2. The molecule has 0 aromatic carbocycles. The second-order valence-electron chi connectivity index (χ2n) is 11.6. The van der Waals surface area contributed by atoms with Gasteiger partial charge < -0.3 is 53.4 Å². The van der Waals surface area contributed by atoms with Gasteiger partial charge >= 0.3 is 5.97 Å². The monoisotopic (exact) mass is 774 g/mol. The lowest BCUT2D eigenvalue weighted by atomic mass is 10.1. The average Bonchev–Trinajstić information content (AvgIpc) is 3.64. The van der Waals surface area contributed by atoms with Crippen LogP contribution in [0.4, 0.5) is 0 Å². The lowest BCUT2D eigenvalue weighted by molar-refractivity contribution is -0.199. The Morgan fingerprint density at radius 2 is 1.07 bits per heavy atom. The van der Waals surface area contributed by atoms with E-state index >= 15 is 0 Å². The van der Waals surface area contributed by atoms with Crippen LogP contribution in [0.15, 0.2) is 12.2 Å². The summed E-state index contributed by atoms with van der Waals surface area (Å²) in [6.45, 7) is 5.77. The van der Waals surface area contributed by atoms with E-state index in [1.807, 2.05) is 0 Å². The van der Waals surface area contributed by atoms with Crippen molar-refractivity contribution in [1.82, 2.24) is 20.6 Å². The summed E-state index contributed by atoms with van der Waals surface area (Å²) >= 11 is 0. The van der Waals surface area contributed by atoms with Crippen LogP contribution < -0.4 is 10.6 Å². The molecular weight excluding hydrogens is 720 g/mol. The van der Waals surface area contributed by atoms with Crippen LogP contribution in [0.25, 0.3) is 0 Å². The third-order valence-electron chi connectivity index (χ3n) is 7.39. The lowest BCUT2D eigenvalue weighted by Gasteiger charge is -2.20. The summed E-state index contributed by atoms with van der Waals surface area (Å²) in [5.41, 5.74) is 0. The molecule has 20 heteroatoms. The second kappa shape index (κ2) is 29.5. The van der Waals surface area contributed by atoms with Crippen molar-refractivity contribution >= 4 is 41.4 Å². The van der Waals surface area contributed by atoms with E-state index in [0.717, 1.165) is 17.1 Å². The van der Waals surface area contributed by atoms with Gasteiger partial charge in [-0.3, -0.25) is 33.7 Å². The van der Waals surface area contributed by atoms with Crippen molar-refractivity contribution < 1.29 is 76.3 Å². The number of nitrogens with zero attached hydrogens (tertiary/aromatic N) is 2. The van der Waals surface area contributed by atoms with Gasteiger partial charge in [0.15, 0.2) is 0 Å². The van der Waals surface area contributed by atoms with E-state index in [2.05, 4.69) is 10.6 Å². The fraction of sp³-hybridized carbons (Fsp3) is 0.735. The first kappa shape index (κ1) is 46.3. The van der Waals surface area contributed by atoms with E-state index in [0.29, 0.717) is 97.2 Å². The summed E-state index contributed by atoms with van der Waals surface area (Å²) in [6, 6.07) is -1.18. The number of amides is 6. The van der Waals surface area contributed by atoms with Gasteiger partial charge in [0.2, 0.25) is 11.8 Å². The number of ether oxygens (including phenoxy) is 8. The Hall–Kier alpha value is -3.89. The van der Waals surface area contributed by atoms with E-state index in [1.165, 1.54) is 0 Å². The average molecular weight is 775 g/mol. The quantitative estimate of drug-likeness (QED) is 0.0556. The van der Waals surface area contributed by atoms with E-state index in [-0.39, 0.29) is 52.0 Å². The highest BCUT2D eigenvalue weighted by Crippen LogP contribution is 2.14.